The number of nitrogens with one attached hydrogen (secondary N) is 1. The Bertz CT molecular complexity index is 555. The van der Waals surface area contributed by atoms with Gasteiger partial charge in [0.25, 0.3) is 0 Å². The summed E-state index contributed by atoms with van der Waals surface area (Å²) < 4.78 is 18.8. The Morgan fingerprint density at radius 1 is 0.711 bits per heavy atom. The van der Waals surface area contributed by atoms with E-state index in [0.29, 0.717) is 6.54 Å². The van der Waals surface area contributed by atoms with Gasteiger partial charge in [0.15, 0.2) is 0 Å². The van der Waals surface area contributed by atoms with Crippen LogP contribution in [-0.4, -0.2) is 83.5 Å². The number of hydrogen-bond acceptors (Lipinski definition) is 9. The summed E-state index contributed by atoms with van der Waals surface area (Å²) in [5.74, 6) is 0. The highest BCUT2D eigenvalue weighted by Crippen LogP contribution is 2.11. The lowest BCUT2D eigenvalue weighted by Crippen LogP contribution is -2.33. The smallest absolute Gasteiger partial charge is 0.444 e. The van der Waals surface area contributed by atoms with Crippen LogP contribution >= 0.6 is 48.8 Å². The van der Waals surface area contributed by atoms with Gasteiger partial charge in [0.1, 0.15) is 16.8 Å². The molecule has 0 heterocycles. The fraction of sp³-hybridized carbons (Fsp3) is 0.880. The summed E-state index contributed by atoms with van der Waals surface area (Å²) in [5, 5.41) is 4.23. The monoisotopic (exact) mass is 745 g/mol. The van der Waals surface area contributed by atoms with Gasteiger partial charge in [-0.25, -0.2) is 14.4 Å². The van der Waals surface area contributed by atoms with Crippen LogP contribution in [0.2, 0.25) is 0 Å². The van der Waals surface area contributed by atoms with E-state index in [1.807, 2.05) is 20.8 Å². The van der Waals surface area contributed by atoms with Crippen molar-refractivity contribution >= 4 is 67.2 Å². The fourth-order valence-electron chi connectivity index (χ4n) is 1.74. The van der Waals surface area contributed by atoms with Gasteiger partial charge in [0, 0.05) is 23.7 Å². The molecule has 0 rings (SSSR count). The predicted molar refractivity (Wildman–Crippen MR) is 168 cm³/mol. The lowest BCUT2D eigenvalue weighted by molar-refractivity contribution is -0.0294. The minimum absolute atomic E-state index is 0. The van der Waals surface area contributed by atoms with E-state index in [2.05, 4.69) is 67.6 Å². The van der Waals surface area contributed by atoms with Crippen LogP contribution in [-0.2, 0) is 18.9 Å². The molecule has 0 aromatic rings. The molecular formula is C25H54Br3N3O7. The molecule has 0 saturated carbocycles. The van der Waals surface area contributed by atoms with Crippen molar-refractivity contribution in [2.75, 3.05) is 43.4 Å². The molecular weight excluding hydrogens is 694 g/mol. The van der Waals surface area contributed by atoms with Gasteiger partial charge in [0.2, 0.25) is 0 Å². The molecule has 13 heteroatoms. The first-order valence-corrected chi connectivity index (χ1v) is 14.6. The van der Waals surface area contributed by atoms with Crippen LogP contribution in [0.5, 0.6) is 0 Å². The van der Waals surface area contributed by atoms with Crippen LogP contribution in [0.1, 0.15) is 83.1 Å². The quantitative estimate of drug-likeness (QED) is 0.127. The molecule has 0 spiro atoms. The summed E-state index contributed by atoms with van der Waals surface area (Å²) in [6.45, 7) is 27.0. The molecule has 232 valence electrons. The molecule has 1 amide bonds. The van der Waals surface area contributed by atoms with E-state index in [4.69, 9.17) is 19.9 Å². The van der Waals surface area contributed by atoms with Crippen molar-refractivity contribution in [3.63, 3.8) is 0 Å². The minimum Gasteiger partial charge on any atom is -0.444 e. The van der Waals surface area contributed by atoms with Crippen molar-refractivity contribution in [3.8, 4) is 0 Å². The number of alkyl halides is 2. The first-order chi connectivity index (χ1) is 16.7. The van der Waals surface area contributed by atoms with Gasteiger partial charge in [-0.05, 0) is 81.9 Å². The first kappa shape index (κ1) is 47.2. The standard InChI is InChI=1S/C10H18O5.C7H14BrNO2.C6H15N.C2H6BrN.BrH/c1-9(2,3)14-7(11)13-8(12)15-10(4,5)6;1-7(2,3)11-6(10)9-5-4-8;1-4-7(5-2)6-3;3-1-2-4;/h1-6H3;4-5H2,1-3H3,(H,9,10);4-6H2,1-3H3;1-2,4H2;1H. The molecule has 0 aromatic heterocycles. The molecule has 38 heavy (non-hydrogen) atoms. The number of ether oxygens (including phenoxy) is 4. The van der Waals surface area contributed by atoms with E-state index in [9.17, 15) is 14.4 Å². The summed E-state index contributed by atoms with van der Waals surface area (Å²) in [7, 11) is 0. The number of carbonyl (C=O) groups excluding carboxylic acids is 3. The SMILES string of the molecule is Br.CC(C)(C)OC(=O)NCCBr.CC(C)(C)OC(=O)OC(=O)OC(C)(C)C.CCN(CC)CC.NCCBr. The van der Waals surface area contributed by atoms with Crippen LogP contribution in [0.4, 0.5) is 14.4 Å². The average Bonchev–Trinajstić information content (AvgIpc) is 2.70. The number of amides is 1. The second kappa shape index (κ2) is 26.6. The molecule has 0 radical (unpaired) electrons. The number of carbonyl (C=O) groups is 3. The molecule has 0 aliphatic carbocycles. The van der Waals surface area contributed by atoms with Crippen molar-refractivity contribution in [2.24, 2.45) is 5.73 Å². The lowest BCUT2D eigenvalue weighted by Gasteiger charge is -2.20. The number of alkyl carbamates (subject to hydrolysis) is 1. The highest BCUT2D eigenvalue weighted by atomic mass is 79.9. The minimum atomic E-state index is -1.06. The normalized spacial score (nSPS) is 10.5. The van der Waals surface area contributed by atoms with Gasteiger partial charge >= 0.3 is 18.4 Å². The van der Waals surface area contributed by atoms with Gasteiger partial charge < -0.3 is 34.9 Å². The van der Waals surface area contributed by atoms with Crippen molar-refractivity contribution in [1.29, 1.82) is 0 Å². The largest absolute Gasteiger partial charge is 0.519 e. The van der Waals surface area contributed by atoms with Gasteiger partial charge in [-0.15, -0.1) is 17.0 Å². The molecule has 0 atom stereocenters. The number of nitrogens with two attached hydrogens (primary N) is 1. The highest BCUT2D eigenvalue weighted by Gasteiger charge is 2.24. The third-order valence-corrected chi connectivity index (χ3v) is 4.01. The van der Waals surface area contributed by atoms with Crippen molar-refractivity contribution in [1.82, 2.24) is 10.2 Å². The average molecular weight is 748 g/mol. The predicted octanol–water partition coefficient (Wildman–Crippen LogP) is 7.05. The summed E-state index contributed by atoms with van der Waals surface area (Å²) >= 11 is 6.31. The Balaban J connectivity index is -0.000000139. The number of hydrogen-bond donors (Lipinski definition) is 2. The van der Waals surface area contributed by atoms with E-state index in [1.54, 1.807) is 41.5 Å². The van der Waals surface area contributed by atoms with Crippen LogP contribution in [0.25, 0.3) is 0 Å². The van der Waals surface area contributed by atoms with Crippen LogP contribution in [0.15, 0.2) is 0 Å². The second-order valence-corrected chi connectivity index (χ2v) is 11.8. The Morgan fingerprint density at radius 3 is 1.21 bits per heavy atom. The molecule has 10 nitrogen and oxygen atoms in total. The highest BCUT2D eigenvalue weighted by molar-refractivity contribution is 9.09. The van der Waals surface area contributed by atoms with E-state index in [-0.39, 0.29) is 23.1 Å². The number of halogens is 3. The molecule has 0 aliphatic heterocycles. The topological polar surface area (TPSA) is 129 Å². The Hall–Kier alpha value is -0.630. The first-order valence-electron chi connectivity index (χ1n) is 12.4. The van der Waals surface area contributed by atoms with Gasteiger partial charge in [-0.3, -0.25) is 0 Å². The van der Waals surface area contributed by atoms with E-state index < -0.39 is 29.1 Å². The van der Waals surface area contributed by atoms with E-state index >= 15 is 0 Å². The second-order valence-electron chi connectivity index (χ2n) is 10.2. The zero-order valence-corrected chi connectivity index (χ0v) is 30.4. The molecule has 0 bridgehead atoms. The molecule has 0 fully saturated rings. The Morgan fingerprint density at radius 2 is 1.03 bits per heavy atom. The molecule has 0 aliphatic rings. The maximum atomic E-state index is 11.0. The third-order valence-electron chi connectivity index (χ3n) is 3.16. The van der Waals surface area contributed by atoms with Crippen LogP contribution in [0, 0.1) is 0 Å². The summed E-state index contributed by atoms with van der Waals surface area (Å²) in [6.07, 6.45) is -2.48. The Labute approximate surface area is 258 Å². The number of nitrogens with zero attached hydrogens (tertiary/aromatic N) is 1. The summed E-state index contributed by atoms with van der Waals surface area (Å²) in [5.41, 5.74) is 3.18. The molecule has 0 saturated heterocycles. The molecule has 0 aromatic carbocycles. The number of rotatable bonds is 6. The zero-order chi connectivity index (χ0) is 30.3. The maximum absolute atomic E-state index is 11.0. The van der Waals surface area contributed by atoms with Crippen LogP contribution < -0.4 is 11.1 Å². The Kier molecular flexibility index (Phi) is 33.0. The molecule has 0 unspecified atom stereocenters. The van der Waals surface area contributed by atoms with E-state index in [0.717, 1.165) is 17.2 Å². The van der Waals surface area contributed by atoms with E-state index in [1.165, 1.54) is 19.6 Å². The maximum Gasteiger partial charge on any atom is 0.519 e. The third kappa shape index (κ3) is 48.4. The molecule has 3 N–H and O–H groups in total. The van der Waals surface area contributed by atoms with Crippen molar-refractivity contribution < 1.29 is 33.3 Å². The van der Waals surface area contributed by atoms with Gasteiger partial charge in [0.05, 0.1) is 0 Å². The zero-order valence-electron chi connectivity index (χ0n) is 25.5. The van der Waals surface area contributed by atoms with Gasteiger partial charge in [-0.1, -0.05) is 52.6 Å². The summed E-state index contributed by atoms with van der Waals surface area (Å²) in [4.78, 5) is 35.3. The lowest BCUT2D eigenvalue weighted by atomic mass is 10.2. The van der Waals surface area contributed by atoms with Crippen LogP contribution in [0.3, 0.4) is 0 Å². The van der Waals surface area contributed by atoms with Crippen molar-refractivity contribution in [2.45, 2.75) is 99.9 Å². The van der Waals surface area contributed by atoms with Crippen molar-refractivity contribution in [3.05, 3.63) is 0 Å². The summed E-state index contributed by atoms with van der Waals surface area (Å²) in [6, 6.07) is 0. The fourth-order valence-corrected chi connectivity index (χ4v) is 1.94. The van der Waals surface area contributed by atoms with Gasteiger partial charge in [-0.2, -0.15) is 0 Å².